The van der Waals surface area contributed by atoms with Crippen molar-refractivity contribution in [1.82, 2.24) is 14.9 Å². The predicted octanol–water partition coefficient (Wildman–Crippen LogP) is 3.05. The first-order valence-corrected chi connectivity index (χ1v) is 13.4. The van der Waals surface area contributed by atoms with Crippen LogP contribution >= 0.6 is 0 Å². The van der Waals surface area contributed by atoms with Crippen molar-refractivity contribution in [2.75, 3.05) is 57.5 Å². The first-order valence-electron chi connectivity index (χ1n) is 13.4. The average molecular weight is 528 g/mol. The molecular weight excluding hydrogens is 494 g/mol. The molecule has 2 aliphatic heterocycles. The van der Waals surface area contributed by atoms with Crippen LogP contribution in [0.4, 0.5) is 5.69 Å². The van der Waals surface area contributed by atoms with Crippen molar-refractivity contribution >= 4 is 11.6 Å². The van der Waals surface area contributed by atoms with Crippen molar-refractivity contribution in [3.8, 4) is 23.1 Å². The Hall–Kier alpha value is -4.00. The molecule has 2 aromatic carbocycles. The lowest BCUT2D eigenvalue weighted by Gasteiger charge is -2.31. The highest BCUT2D eigenvalue weighted by atomic mass is 16.5. The van der Waals surface area contributed by atoms with E-state index in [2.05, 4.69) is 40.2 Å². The fraction of sp³-hybridized carbons (Fsp3) is 0.400. The van der Waals surface area contributed by atoms with E-state index in [-0.39, 0.29) is 5.91 Å². The molecule has 0 unspecified atom stereocenters. The third-order valence-corrected chi connectivity index (χ3v) is 7.35. The number of amides is 1. The van der Waals surface area contributed by atoms with Crippen LogP contribution in [0.1, 0.15) is 29.8 Å². The molecule has 0 spiro atoms. The normalized spacial score (nSPS) is 16.1. The van der Waals surface area contributed by atoms with Gasteiger partial charge in [-0.05, 0) is 60.7 Å². The lowest BCUT2D eigenvalue weighted by Crippen LogP contribution is -2.41. The van der Waals surface area contributed by atoms with Crippen LogP contribution in [0.5, 0.6) is 5.75 Å². The van der Waals surface area contributed by atoms with E-state index in [1.807, 2.05) is 18.2 Å². The number of anilines is 1. The molecule has 0 radical (unpaired) electrons. The Kier molecular flexibility index (Phi) is 8.66. The minimum Gasteiger partial charge on any atom is -0.492 e. The van der Waals surface area contributed by atoms with Crippen LogP contribution in [0.25, 0.3) is 11.3 Å². The molecule has 1 N–H and O–H groups in total. The van der Waals surface area contributed by atoms with Crippen molar-refractivity contribution < 1.29 is 19.4 Å². The Bertz CT molecular complexity index is 1310. The maximum atomic E-state index is 11.7. The van der Waals surface area contributed by atoms with Crippen molar-refractivity contribution in [2.24, 2.45) is 5.92 Å². The second-order valence-electron chi connectivity index (χ2n) is 9.92. The van der Waals surface area contributed by atoms with Gasteiger partial charge in [0.2, 0.25) is 5.91 Å². The van der Waals surface area contributed by atoms with Crippen LogP contribution in [0.15, 0.2) is 54.7 Å². The number of aliphatic hydroxyl groups is 1. The van der Waals surface area contributed by atoms with E-state index < -0.39 is 6.61 Å². The van der Waals surface area contributed by atoms with Gasteiger partial charge in [-0.3, -0.25) is 4.79 Å². The third-order valence-electron chi connectivity index (χ3n) is 7.35. The standard InChI is InChI=1S/C30H33N5O4/c31-19-25-18-24(3-6-28(25)39-21-23-8-11-35(12-9-23)30(37)20-36)27-7-10-32-29(33-27)17-22-1-4-26(5-2-22)34-13-15-38-16-14-34/h1-7,10,18,23,36H,8-9,11-17,20-21H2. The van der Waals surface area contributed by atoms with E-state index in [0.717, 1.165) is 61.8 Å². The fourth-order valence-corrected chi connectivity index (χ4v) is 5.03. The van der Waals surface area contributed by atoms with Gasteiger partial charge >= 0.3 is 0 Å². The first kappa shape index (κ1) is 26.6. The number of nitriles is 1. The van der Waals surface area contributed by atoms with Gasteiger partial charge in [-0.2, -0.15) is 5.26 Å². The van der Waals surface area contributed by atoms with Crippen LogP contribution in [0.2, 0.25) is 0 Å². The Morgan fingerprint density at radius 1 is 1.08 bits per heavy atom. The molecule has 2 aliphatic rings. The molecule has 2 saturated heterocycles. The van der Waals surface area contributed by atoms with Gasteiger partial charge in [0.05, 0.1) is 31.1 Å². The topological polar surface area (TPSA) is 112 Å². The zero-order valence-electron chi connectivity index (χ0n) is 22.0. The molecule has 2 fully saturated rings. The number of morpholine rings is 1. The van der Waals surface area contributed by atoms with Gasteiger partial charge in [0.25, 0.3) is 0 Å². The van der Waals surface area contributed by atoms with E-state index in [0.29, 0.717) is 43.3 Å². The number of hydrogen-bond donors (Lipinski definition) is 1. The molecule has 39 heavy (non-hydrogen) atoms. The molecule has 0 saturated carbocycles. The van der Waals surface area contributed by atoms with Crippen LogP contribution in [-0.2, 0) is 16.0 Å². The molecule has 3 aromatic rings. The summed E-state index contributed by atoms with van der Waals surface area (Å²) >= 11 is 0. The summed E-state index contributed by atoms with van der Waals surface area (Å²) in [6.45, 7) is 4.61. The number of benzene rings is 2. The molecule has 3 heterocycles. The zero-order chi connectivity index (χ0) is 27.0. The summed E-state index contributed by atoms with van der Waals surface area (Å²) in [6, 6.07) is 18.2. The predicted molar refractivity (Wildman–Crippen MR) is 146 cm³/mol. The van der Waals surface area contributed by atoms with Crippen LogP contribution in [0.3, 0.4) is 0 Å². The van der Waals surface area contributed by atoms with Gasteiger partial charge in [0, 0.05) is 50.0 Å². The van der Waals surface area contributed by atoms with E-state index >= 15 is 0 Å². The van der Waals surface area contributed by atoms with E-state index in [9.17, 15) is 10.1 Å². The zero-order valence-corrected chi connectivity index (χ0v) is 22.0. The number of carbonyl (C=O) groups excluding carboxylic acids is 1. The third kappa shape index (κ3) is 6.72. The number of ether oxygens (including phenoxy) is 2. The van der Waals surface area contributed by atoms with Crippen molar-refractivity contribution in [3.05, 3.63) is 71.7 Å². The number of rotatable bonds is 8. The molecule has 1 amide bonds. The smallest absolute Gasteiger partial charge is 0.248 e. The maximum Gasteiger partial charge on any atom is 0.248 e. The number of aromatic nitrogens is 2. The number of carbonyl (C=O) groups is 1. The minimum absolute atomic E-state index is 0.230. The van der Waals surface area contributed by atoms with Gasteiger partial charge in [-0.15, -0.1) is 0 Å². The highest BCUT2D eigenvalue weighted by Crippen LogP contribution is 2.27. The number of hydrogen-bond acceptors (Lipinski definition) is 8. The molecule has 0 bridgehead atoms. The van der Waals surface area contributed by atoms with Gasteiger partial charge in [-0.1, -0.05) is 12.1 Å². The summed E-state index contributed by atoms with van der Waals surface area (Å²) in [5.74, 6) is 1.33. The average Bonchev–Trinajstić information content (AvgIpc) is 3.00. The van der Waals surface area contributed by atoms with Crippen LogP contribution in [-0.4, -0.2) is 78.5 Å². The molecule has 0 atom stereocenters. The molecular formula is C30H33N5O4. The summed E-state index contributed by atoms with van der Waals surface area (Å²) in [6.07, 6.45) is 3.99. The lowest BCUT2D eigenvalue weighted by molar-refractivity contribution is -0.135. The minimum atomic E-state index is -0.449. The highest BCUT2D eigenvalue weighted by Gasteiger charge is 2.23. The quantitative estimate of drug-likeness (QED) is 0.476. The summed E-state index contributed by atoms with van der Waals surface area (Å²) < 4.78 is 11.5. The largest absolute Gasteiger partial charge is 0.492 e. The molecule has 0 aliphatic carbocycles. The van der Waals surface area contributed by atoms with E-state index in [1.165, 1.54) is 5.69 Å². The lowest BCUT2D eigenvalue weighted by atomic mass is 9.97. The Morgan fingerprint density at radius 2 is 1.85 bits per heavy atom. The van der Waals surface area contributed by atoms with E-state index in [4.69, 9.17) is 19.6 Å². The van der Waals surface area contributed by atoms with Crippen LogP contribution < -0.4 is 9.64 Å². The second-order valence-corrected chi connectivity index (χ2v) is 9.92. The summed E-state index contributed by atoms with van der Waals surface area (Å²) in [5, 5.41) is 18.8. The number of likely N-dealkylation sites (tertiary alicyclic amines) is 1. The SMILES string of the molecule is N#Cc1cc(-c2ccnc(Cc3ccc(N4CCOCC4)cc3)n2)ccc1OCC1CCN(C(=O)CO)CC1. The Morgan fingerprint density at radius 3 is 2.56 bits per heavy atom. The Labute approximate surface area is 228 Å². The fourth-order valence-electron chi connectivity index (χ4n) is 5.03. The highest BCUT2D eigenvalue weighted by molar-refractivity contribution is 5.77. The second kappa shape index (κ2) is 12.7. The number of nitrogens with zero attached hydrogens (tertiary/aromatic N) is 5. The van der Waals surface area contributed by atoms with Gasteiger partial charge in [0.1, 0.15) is 24.3 Å². The molecule has 202 valence electrons. The Balaban J connectivity index is 1.20. The van der Waals surface area contributed by atoms with Gasteiger partial charge in [-0.25, -0.2) is 9.97 Å². The van der Waals surface area contributed by atoms with Crippen LogP contribution in [0, 0.1) is 17.2 Å². The number of piperidine rings is 1. The molecule has 5 rings (SSSR count). The molecule has 9 nitrogen and oxygen atoms in total. The summed E-state index contributed by atoms with van der Waals surface area (Å²) in [5.41, 5.74) is 4.39. The van der Waals surface area contributed by atoms with Crippen molar-refractivity contribution in [1.29, 1.82) is 5.26 Å². The summed E-state index contributed by atoms with van der Waals surface area (Å²) in [4.78, 5) is 24.9. The number of aliphatic hydroxyl groups excluding tert-OH is 1. The van der Waals surface area contributed by atoms with Gasteiger partial charge in [0.15, 0.2) is 0 Å². The molecule has 9 heteroatoms. The summed E-state index contributed by atoms with van der Waals surface area (Å²) in [7, 11) is 0. The maximum absolute atomic E-state index is 11.7. The molecule has 1 aromatic heterocycles. The first-order chi connectivity index (χ1) is 19.1. The van der Waals surface area contributed by atoms with Gasteiger partial charge < -0.3 is 24.4 Å². The van der Waals surface area contributed by atoms with Crippen molar-refractivity contribution in [3.63, 3.8) is 0 Å². The van der Waals surface area contributed by atoms with Crippen molar-refractivity contribution in [2.45, 2.75) is 19.3 Å². The van der Waals surface area contributed by atoms with E-state index in [1.54, 1.807) is 17.2 Å². The monoisotopic (exact) mass is 527 g/mol.